The van der Waals surface area contributed by atoms with E-state index in [-0.39, 0.29) is 17.5 Å². The van der Waals surface area contributed by atoms with Gasteiger partial charge in [-0.3, -0.25) is 4.79 Å². The van der Waals surface area contributed by atoms with Crippen LogP contribution in [0.25, 0.3) is 11.5 Å². The molecule has 0 bridgehead atoms. The average Bonchev–Trinajstić information content (AvgIpc) is 3.18. The fourth-order valence-electron chi connectivity index (χ4n) is 2.13. The number of furan rings is 1. The molecule has 2 heterocycles. The Hall–Kier alpha value is -2.47. The molecule has 6 heteroatoms. The maximum atomic E-state index is 12.8. The lowest BCUT2D eigenvalue weighted by Gasteiger charge is -2.03. The fourth-order valence-corrected chi connectivity index (χ4v) is 2.73. The molecule has 0 atom stereocenters. The van der Waals surface area contributed by atoms with Crippen LogP contribution in [0.4, 0.5) is 4.39 Å². The molecule has 0 radical (unpaired) electrons. The van der Waals surface area contributed by atoms with E-state index in [1.165, 1.54) is 23.5 Å². The Bertz CT molecular complexity index is 808. The zero-order valence-corrected chi connectivity index (χ0v) is 13.3. The van der Waals surface area contributed by atoms with Gasteiger partial charge in [0.2, 0.25) is 0 Å². The van der Waals surface area contributed by atoms with Gasteiger partial charge in [0.25, 0.3) is 5.91 Å². The topological polar surface area (TPSA) is 55.1 Å². The summed E-state index contributed by atoms with van der Waals surface area (Å²) in [6.07, 6.45) is 0.630. The van der Waals surface area contributed by atoms with Gasteiger partial charge >= 0.3 is 0 Å². The molecule has 2 aromatic heterocycles. The van der Waals surface area contributed by atoms with Gasteiger partial charge in [-0.2, -0.15) is 0 Å². The Kier molecular flexibility index (Phi) is 4.52. The van der Waals surface area contributed by atoms with Crippen molar-refractivity contribution in [3.8, 4) is 11.5 Å². The molecule has 1 aromatic carbocycles. The molecule has 0 aliphatic heterocycles. The second-order valence-corrected chi connectivity index (χ2v) is 6.11. The van der Waals surface area contributed by atoms with Gasteiger partial charge < -0.3 is 9.73 Å². The number of thiazole rings is 1. The van der Waals surface area contributed by atoms with Gasteiger partial charge in [0, 0.05) is 11.9 Å². The number of aromatic nitrogens is 1. The number of amides is 1. The van der Waals surface area contributed by atoms with E-state index in [9.17, 15) is 9.18 Å². The molecular formula is C17H15FN2O2S. The maximum Gasteiger partial charge on any atom is 0.287 e. The summed E-state index contributed by atoms with van der Waals surface area (Å²) in [6.45, 7) is 2.37. The highest BCUT2D eigenvalue weighted by Gasteiger charge is 2.13. The molecule has 0 fully saturated rings. The van der Waals surface area contributed by atoms with Gasteiger partial charge in [-0.15, -0.1) is 11.3 Å². The van der Waals surface area contributed by atoms with Crippen molar-refractivity contribution < 1.29 is 13.6 Å². The number of carbonyl (C=O) groups excluding carboxylic acids is 1. The van der Waals surface area contributed by atoms with Crippen LogP contribution in [-0.4, -0.2) is 17.4 Å². The highest BCUT2D eigenvalue weighted by molar-refractivity contribution is 7.09. The first-order chi connectivity index (χ1) is 11.1. The predicted molar refractivity (Wildman–Crippen MR) is 87.0 cm³/mol. The maximum absolute atomic E-state index is 12.8. The molecule has 1 N–H and O–H groups in total. The summed E-state index contributed by atoms with van der Waals surface area (Å²) in [4.78, 5) is 16.4. The van der Waals surface area contributed by atoms with Gasteiger partial charge in [-0.25, -0.2) is 9.37 Å². The molecular weight excluding hydrogens is 315 g/mol. The van der Waals surface area contributed by atoms with E-state index in [0.29, 0.717) is 18.7 Å². The van der Waals surface area contributed by atoms with E-state index < -0.39 is 0 Å². The van der Waals surface area contributed by atoms with Crippen molar-refractivity contribution in [3.63, 3.8) is 0 Å². The van der Waals surface area contributed by atoms with Crippen molar-refractivity contribution >= 4 is 17.2 Å². The number of nitrogens with zero attached hydrogens (tertiary/aromatic N) is 1. The smallest absolute Gasteiger partial charge is 0.287 e. The minimum atomic E-state index is -0.273. The van der Waals surface area contributed by atoms with Crippen LogP contribution in [0.2, 0.25) is 0 Å². The van der Waals surface area contributed by atoms with Crippen LogP contribution in [0.5, 0.6) is 0 Å². The fraction of sp³-hybridized carbons (Fsp3) is 0.176. The summed E-state index contributed by atoms with van der Waals surface area (Å²) in [7, 11) is 0. The van der Waals surface area contributed by atoms with Gasteiger partial charge in [0.05, 0.1) is 5.01 Å². The van der Waals surface area contributed by atoms with E-state index in [1.807, 2.05) is 12.3 Å². The molecule has 0 unspecified atom stereocenters. The van der Waals surface area contributed by atoms with Crippen LogP contribution in [-0.2, 0) is 6.42 Å². The van der Waals surface area contributed by atoms with Gasteiger partial charge in [-0.1, -0.05) is 12.1 Å². The van der Waals surface area contributed by atoms with Gasteiger partial charge in [-0.05, 0) is 43.2 Å². The lowest BCUT2D eigenvalue weighted by atomic mass is 10.1. The quantitative estimate of drug-likeness (QED) is 0.774. The third-order valence-electron chi connectivity index (χ3n) is 3.31. The van der Waals surface area contributed by atoms with Crippen LogP contribution in [0, 0.1) is 12.7 Å². The first-order valence-electron chi connectivity index (χ1n) is 7.17. The van der Waals surface area contributed by atoms with Crippen molar-refractivity contribution in [1.29, 1.82) is 0 Å². The molecule has 4 nitrogen and oxygen atoms in total. The van der Waals surface area contributed by atoms with E-state index >= 15 is 0 Å². The van der Waals surface area contributed by atoms with Gasteiger partial charge in [0.15, 0.2) is 11.5 Å². The number of halogens is 1. The predicted octanol–water partition coefficient (Wildman–Crippen LogP) is 3.82. The van der Waals surface area contributed by atoms with E-state index in [4.69, 9.17) is 4.42 Å². The summed E-state index contributed by atoms with van der Waals surface area (Å²) in [5.74, 6) is 0.297. The first-order valence-corrected chi connectivity index (χ1v) is 8.05. The summed E-state index contributed by atoms with van der Waals surface area (Å²) >= 11 is 1.53. The van der Waals surface area contributed by atoms with Crippen molar-refractivity contribution in [2.24, 2.45) is 0 Å². The second-order valence-electron chi connectivity index (χ2n) is 5.05. The van der Waals surface area contributed by atoms with Crippen LogP contribution < -0.4 is 5.32 Å². The summed E-state index contributed by atoms with van der Waals surface area (Å²) in [6, 6.07) is 9.60. The van der Waals surface area contributed by atoms with Crippen molar-refractivity contribution in [2.75, 3.05) is 6.54 Å². The monoisotopic (exact) mass is 330 g/mol. The largest absolute Gasteiger partial charge is 0.449 e. The Morgan fingerprint density at radius 2 is 2.04 bits per heavy atom. The van der Waals surface area contributed by atoms with E-state index in [1.54, 1.807) is 24.3 Å². The van der Waals surface area contributed by atoms with Crippen molar-refractivity contribution in [2.45, 2.75) is 13.3 Å². The highest BCUT2D eigenvalue weighted by atomic mass is 32.1. The van der Waals surface area contributed by atoms with E-state index in [0.717, 1.165) is 16.3 Å². The van der Waals surface area contributed by atoms with E-state index in [2.05, 4.69) is 10.3 Å². The Morgan fingerprint density at radius 1 is 1.26 bits per heavy atom. The molecule has 0 saturated carbocycles. The Morgan fingerprint density at radius 3 is 2.74 bits per heavy atom. The number of hydrogen-bond acceptors (Lipinski definition) is 4. The number of carbonyl (C=O) groups is 1. The number of aryl methyl sites for hydroxylation is 1. The summed E-state index contributed by atoms with van der Waals surface area (Å²) in [5, 5.41) is 5.63. The SMILES string of the molecule is Cc1nc(-c2ccc(C(=O)NCCc3ccc(F)cc3)o2)cs1. The highest BCUT2D eigenvalue weighted by Crippen LogP contribution is 2.23. The number of benzene rings is 1. The molecule has 3 aromatic rings. The molecule has 1 amide bonds. The molecule has 0 aliphatic rings. The molecule has 0 aliphatic carbocycles. The zero-order chi connectivity index (χ0) is 16.2. The summed E-state index contributed by atoms with van der Waals surface area (Å²) in [5.41, 5.74) is 1.70. The zero-order valence-electron chi connectivity index (χ0n) is 12.5. The standard InChI is InChI=1S/C17H15FN2O2S/c1-11-20-14(10-23-11)15-6-7-16(22-15)17(21)19-9-8-12-2-4-13(18)5-3-12/h2-7,10H,8-9H2,1H3,(H,19,21). The third kappa shape index (κ3) is 3.84. The number of nitrogens with one attached hydrogen (secondary N) is 1. The molecule has 118 valence electrons. The molecule has 23 heavy (non-hydrogen) atoms. The molecule has 0 saturated heterocycles. The summed E-state index contributed by atoms with van der Waals surface area (Å²) < 4.78 is 18.4. The second kappa shape index (κ2) is 6.75. The Labute approximate surface area is 137 Å². The van der Waals surface area contributed by atoms with Crippen LogP contribution in [0.1, 0.15) is 21.1 Å². The first kappa shape index (κ1) is 15.4. The van der Waals surface area contributed by atoms with Crippen LogP contribution in [0.3, 0.4) is 0 Å². The number of rotatable bonds is 5. The normalized spacial score (nSPS) is 10.7. The lowest BCUT2D eigenvalue weighted by molar-refractivity contribution is 0.0927. The Balaban J connectivity index is 1.56. The van der Waals surface area contributed by atoms with Crippen LogP contribution in [0.15, 0.2) is 46.2 Å². The average molecular weight is 330 g/mol. The minimum Gasteiger partial charge on any atom is -0.449 e. The third-order valence-corrected chi connectivity index (χ3v) is 4.09. The molecule has 0 spiro atoms. The lowest BCUT2D eigenvalue weighted by Crippen LogP contribution is -2.25. The minimum absolute atomic E-state index is 0.254. The van der Waals surface area contributed by atoms with Crippen molar-refractivity contribution in [1.82, 2.24) is 10.3 Å². The number of hydrogen-bond donors (Lipinski definition) is 1. The van der Waals surface area contributed by atoms with Gasteiger partial charge in [0.1, 0.15) is 11.5 Å². The molecule has 3 rings (SSSR count). The van der Waals surface area contributed by atoms with Crippen LogP contribution >= 0.6 is 11.3 Å². The van der Waals surface area contributed by atoms with Crippen molar-refractivity contribution in [3.05, 3.63) is 63.9 Å².